The summed E-state index contributed by atoms with van der Waals surface area (Å²) in [4.78, 5) is 4.63. The van der Waals surface area contributed by atoms with Crippen LogP contribution in [0.1, 0.15) is 31.7 Å². The smallest absolute Gasteiger partial charge is 0.140 e. The molecule has 0 amide bonds. The molecule has 2 aliphatic rings. The van der Waals surface area contributed by atoms with Crippen LogP contribution in [0, 0.1) is 0 Å². The molecule has 2 aromatic rings. The minimum atomic E-state index is -0.0469. The molecule has 1 spiro atoms. The summed E-state index contributed by atoms with van der Waals surface area (Å²) in [6.45, 7) is 2.36. The Bertz CT molecular complexity index is 724. The molecule has 4 rings (SSSR count). The molecular weight excluding hydrogens is 332 g/mol. The number of benzene rings is 1. The number of ether oxygens (including phenoxy) is 4. The summed E-state index contributed by atoms with van der Waals surface area (Å²) >= 11 is 0. The molecule has 26 heavy (non-hydrogen) atoms. The summed E-state index contributed by atoms with van der Waals surface area (Å²) in [7, 11) is 3.33. The fourth-order valence-electron chi connectivity index (χ4n) is 4.10. The van der Waals surface area contributed by atoms with E-state index in [9.17, 15) is 0 Å². The molecule has 140 valence electrons. The van der Waals surface area contributed by atoms with Crippen LogP contribution in [-0.2, 0) is 9.47 Å². The molecule has 0 saturated carbocycles. The lowest BCUT2D eigenvalue weighted by Crippen LogP contribution is -2.44. The molecule has 0 N–H and O–H groups in total. The van der Waals surface area contributed by atoms with Gasteiger partial charge in [0.25, 0.3) is 0 Å². The molecule has 0 bridgehead atoms. The van der Waals surface area contributed by atoms with Crippen LogP contribution in [0.4, 0.5) is 0 Å². The van der Waals surface area contributed by atoms with Gasteiger partial charge in [0, 0.05) is 49.9 Å². The Balaban J connectivity index is 1.65. The Morgan fingerprint density at radius 2 is 1.81 bits per heavy atom. The second kappa shape index (κ2) is 7.29. The number of nitrogens with zero attached hydrogens (tertiary/aromatic N) is 2. The van der Waals surface area contributed by atoms with E-state index in [2.05, 4.69) is 15.7 Å². The highest BCUT2D eigenvalue weighted by molar-refractivity contribution is 5.61. The van der Waals surface area contributed by atoms with Gasteiger partial charge >= 0.3 is 0 Å². The van der Waals surface area contributed by atoms with E-state index in [0.29, 0.717) is 6.04 Å². The molecular formula is C20H26N2O4. The van der Waals surface area contributed by atoms with Gasteiger partial charge in [-0.1, -0.05) is 0 Å². The minimum Gasteiger partial charge on any atom is -0.497 e. The second-order valence-corrected chi connectivity index (χ2v) is 7.05. The topological polar surface area (TPSA) is 54.7 Å². The van der Waals surface area contributed by atoms with E-state index < -0.39 is 0 Å². The number of methoxy groups -OCH3 is 2. The Morgan fingerprint density at radius 3 is 2.50 bits per heavy atom. The molecule has 1 atom stereocenters. The van der Waals surface area contributed by atoms with Gasteiger partial charge in [-0.3, -0.25) is 0 Å². The predicted molar refractivity (Wildman–Crippen MR) is 97.8 cm³/mol. The average molecular weight is 358 g/mol. The summed E-state index contributed by atoms with van der Waals surface area (Å²) in [5.41, 5.74) is 0.952. The average Bonchev–Trinajstić information content (AvgIpc) is 3.18. The molecule has 2 saturated heterocycles. The Labute approximate surface area is 154 Å². The molecule has 0 radical (unpaired) electrons. The van der Waals surface area contributed by atoms with Crippen LogP contribution >= 0.6 is 0 Å². The highest BCUT2D eigenvalue weighted by Crippen LogP contribution is 2.41. The number of rotatable bonds is 4. The molecule has 6 heteroatoms. The highest BCUT2D eigenvalue weighted by Gasteiger charge is 2.40. The number of hydrogen-bond donors (Lipinski definition) is 0. The van der Waals surface area contributed by atoms with Crippen molar-refractivity contribution in [3.8, 4) is 22.9 Å². The zero-order valence-electron chi connectivity index (χ0n) is 15.4. The van der Waals surface area contributed by atoms with Gasteiger partial charge in [0.15, 0.2) is 0 Å². The predicted octanol–water partition coefficient (Wildman–Crippen LogP) is 3.47. The van der Waals surface area contributed by atoms with Gasteiger partial charge < -0.3 is 23.5 Å². The normalized spacial score (nSPS) is 22.3. The first-order valence-electron chi connectivity index (χ1n) is 9.21. The van der Waals surface area contributed by atoms with E-state index in [4.69, 9.17) is 18.9 Å². The maximum Gasteiger partial charge on any atom is 0.140 e. The molecule has 0 aliphatic carbocycles. The molecule has 1 aromatic heterocycles. The van der Waals surface area contributed by atoms with E-state index in [1.807, 2.05) is 24.4 Å². The molecule has 3 heterocycles. The van der Waals surface area contributed by atoms with Gasteiger partial charge in [-0.05, 0) is 37.8 Å². The van der Waals surface area contributed by atoms with Crippen molar-refractivity contribution in [3.63, 3.8) is 0 Å². The van der Waals surface area contributed by atoms with Crippen molar-refractivity contribution in [3.05, 3.63) is 30.6 Å². The summed E-state index contributed by atoms with van der Waals surface area (Å²) in [5, 5.41) is 0. The quantitative estimate of drug-likeness (QED) is 0.838. The SMILES string of the molecule is COc1cc(OC)cc(-c2nccn2C2CCOC3(CCOCC3)C2)c1. The van der Waals surface area contributed by atoms with Crippen molar-refractivity contribution in [1.29, 1.82) is 0 Å². The van der Waals surface area contributed by atoms with Crippen LogP contribution in [0.25, 0.3) is 11.4 Å². The summed E-state index contributed by atoms with van der Waals surface area (Å²) in [6, 6.07) is 6.26. The molecule has 2 fully saturated rings. The van der Waals surface area contributed by atoms with Gasteiger partial charge in [0.05, 0.1) is 19.8 Å². The molecule has 1 unspecified atom stereocenters. The largest absolute Gasteiger partial charge is 0.497 e. The monoisotopic (exact) mass is 358 g/mol. The maximum atomic E-state index is 6.20. The number of imidazole rings is 1. The standard InChI is InChI=1S/C20H26N2O4/c1-23-17-11-15(12-18(13-17)24-2)19-21-6-7-22(19)16-3-8-26-20(14-16)4-9-25-10-5-20/h6-7,11-13,16H,3-5,8-10,14H2,1-2H3. The van der Waals surface area contributed by atoms with Crippen molar-refractivity contribution in [2.24, 2.45) is 0 Å². The lowest BCUT2D eigenvalue weighted by atomic mass is 9.84. The van der Waals surface area contributed by atoms with Gasteiger partial charge in [-0.15, -0.1) is 0 Å². The lowest BCUT2D eigenvalue weighted by molar-refractivity contribution is -0.144. The first-order chi connectivity index (χ1) is 12.7. The summed E-state index contributed by atoms with van der Waals surface area (Å²) < 4.78 is 24.9. The van der Waals surface area contributed by atoms with E-state index in [1.54, 1.807) is 14.2 Å². The van der Waals surface area contributed by atoms with Crippen molar-refractivity contribution >= 4 is 0 Å². The summed E-state index contributed by atoms with van der Waals surface area (Å²) in [6.07, 6.45) is 7.88. The van der Waals surface area contributed by atoms with Crippen LogP contribution in [0.2, 0.25) is 0 Å². The van der Waals surface area contributed by atoms with Gasteiger partial charge in [-0.25, -0.2) is 4.98 Å². The third kappa shape index (κ3) is 3.31. The third-order valence-electron chi connectivity index (χ3n) is 5.54. The summed E-state index contributed by atoms with van der Waals surface area (Å²) in [5.74, 6) is 2.47. The van der Waals surface area contributed by atoms with Crippen LogP contribution in [0.15, 0.2) is 30.6 Å². The van der Waals surface area contributed by atoms with Crippen molar-refractivity contribution in [2.75, 3.05) is 34.0 Å². The fourth-order valence-corrected chi connectivity index (χ4v) is 4.10. The van der Waals surface area contributed by atoms with E-state index in [-0.39, 0.29) is 5.60 Å². The first kappa shape index (κ1) is 17.4. The van der Waals surface area contributed by atoms with Gasteiger partial charge in [0.2, 0.25) is 0 Å². The Morgan fingerprint density at radius 1 is 1.08 bits per heavy atom. The van der Waals surface area contributed by atoms with E-state index in [0.717, 1.165) is 68.4 Å². The Kier molecular flexibility index (Phi) is 4.87. The van der Waals surface area contributed by atoms with Crippen LogP contribution in [-0.4, -0.2) is 49.2 Å². The second-order valence-electron chi connectivity index (χ2n) is 7.05. The number of hydrogen-bond acceptors (Lipinski definition) is 5. The highest BCUT2D eigenvalue weighted by atomic mass is 16.5. The van der Waals surface area contributed by atoms with Crippen LogP contribution < -0.4 is 9.47 Å². The zero-order valence-corrected chi connectivity index (χ0v) is 15.4. The van der Waals surface area contributed by atoms with Crippen molar-refractivity contribution in [1.82, 2.24) is 9.55 Å². The lowest BCUT2D eigenvalue weighted by Gasteiger charge is -2.43. The van der Waals surface area contributed by atoms with Crippen molar-refractivity contribution < 1.29 is 18.9 Å². The fraction of sp³-hybridized carbons (Fsp3) is 0.550. The van der Waals surface area contributed by atoms with Gasteiger partial charge in [-0.2, -0.15) is 0 Å². The first-order valence-corrected chi connectivity index (χ1v) is 9.21. The number of aromatic nitrogens is 2. The Hall–Kier alpha value is -2.05. The van der Waals surface area contributed by atoms with Crippen LogP contribution in [0.5, 0.6) is 11.5 Å². The van der Waals surface area contributed by atoms with E-state index in [1.165, 1.54) is 0 Å². The molecule has 1 aromatic carbocycles. The van der Waals surface area contributed by atoms with Gasteiger partial charge in [0.1, 0.15) is 17.3 Å². The third-order valence-corrected chi connectivity index (χ3v) is 5.54. The zero-order chi connectivity index (χ0) is 18.0. The van der Waals surface area contributed by atoms with Crippen LogP contribution in [0.3, 0.4) is 0 Å². The molecule has 2 aliphatic heterocycles. The minimum absolute atomic E-state index is 0.0469. The van der Waals surface area contributed by atoms with E-state index >= 15 is 0 Å². The van der Waals surface area contributed by atoms with Crippen molar-refractivity contribution in [2.45, 2.75) is 37.3 Å². The maximum absolute atomic E-state index is 6.20. The molecule has 6 nitrogen and oxygen atoms in total.